The van der Waals surface area contributed by atoms with Crippen LogP contribution in [0.4, 0.5) is 0 Å². The van der Waals surface area contributed by atoms with Crippen molar-refractivity contribution in [3.8, 4) is 5.75 Å². The number of carbonyl (C=O) groups is 1. The molecule has 0 bridgehead atoms. The maximum absolute atomic E-state index is 11.3. The average molecular weight is 294 g/mol. The van der Waals surface area contributed by atoms with Gasteiger partial charge in [0.15, 0.2) is 6.61 Å². The Bertz CT molecular complexity index is 420. The van der Waals surface area contributed by atoms with Crippen molar-refractivity contribution in [1.82, 2.24) is 10.6 Å². The minimum Gasteiger partial charge on any atom is -0.484 e. The van der Waals surface area contributed by atoms with Crippen molar-refractivity contribution in [2.45, 2.75) is 39.5 Å². The van der Waals surface area contributed by atoms with E-state index in [1.807, 2.05) is 38.1 Å². The number of benzene rings is 1. The van der Waals surface area contributed by atoms with Crippen LogP contribution in [0.25, 0.3) is 0 Å². The predicted octanol–water partition coefficient (Wildman–Crippen LogP) is 1.71. The number of rotatable bonds is 9. The molecule has 0 aliphatic rings. The summed E-state index contributed by atoms with van der Waals surface area (Å²) in [6, 6.07) is 8.01. The van der Waals surface area contributed by atoms with Gasteiger partial charge in [0, 0.05) is 26.2 Å². The molecule has 1 aromatic carbocycles. The quantitative estimate of drug-likeness (QED) is 0.728. The van der Waals surface area contributed by atoms with Gasteiger partial charge < -0.3 is 20.1 Å². The maximum atomic E-state index is 11.3. The van der Waals surface area contributed by atoms with Gasteiger partial charge in [-0.05, 0) is 38.5 Å². The fraction of sp³-hybridized carbons (Fsp3) is 0.562. The van der Waals surface area contributed by atoms with Gasteiger partial charge in [0.1, 0.15) is 5.75 Å². The lowest BCUT2D eigenvalue weighted by molar-refractivity contribution is -0.122. The lowest BCUT2D eigenvalue weighted by atomic mass is 10.1. The molecule has 0 radical (unpaired) electrons. The zero-order valence-electron chi connectivity index (χ0n) is 13.3. The molecule has 0 aliphatic carbocycles. The third kappa shape index (κ3) is 6.60. The number of hydrogen-bond donors (Lipinski definition) is 2. The zero-order chi connectivity index (χ0) is 15.7. The highest BCUT2D eigenvalue weighted by Crippen LogP contribution is 2.12. The molecule has 5 nitrogen and oxygen atoms in total. The van der Waals surface area contributed by atoms with Crippen LogP contribution in [0.15, 0.2) is 24.3 Å². The highest BCUT2D eigenvalue weighted by Gasteiger charge is 2.09. The standard InChI is InChI=1S/C16H26N2O3/c1-5-17-16(19)11-21-15-8-6-14(7-9-15)10-18-12(2)13(3)20-4/h6-9,12-13,18H,5,10-11H2,1-4H3,(H,17,19)/t12-,13+/m0/s1. The third-order valence-corrected chi connectivity index (χ3v) is 3.37. The van der Waals surface area contributed by atoms with E-state index in [2.05, 4.69) is 17.6 Å². The summed E-state index contributed by atoms with van der Waals surface area (Å²) in [6.07, 6.45) is 0.171. The first kappa shape index (κ1) is 17.5. The van der Waals surface area contributed by atoms with Gasteiger partial charge in [-0.15, -0.1) is 0 Å². The molecule has 21 heavy (non-hydrogen) atoms. The Morgan fingerprint density at radius 1 is 1.24 bits per heavy atom. The highest BCUT2D eigenvalue weighted by molar-refractivity contribution is 5.77. The zero-order valence-corrected chi connectivity index (χ0v) is 13.3. The summed E-state index contributed by atoms with van der Waals surface area (Å²) in [5.74, 6) is 0.592. The van der Waals surface area contributed by atoms with E-state index < -0.39 is 0 Å². The van der Waals surface area contributed by atoms with Gasteiger partial charge in [-0.2, -0.15) is 0 Å². The number of hydrogen-bond acceptors (Lipinski definition) is 4. The van der Waals surface area contributed by atoms with Gasteiger partial charge in [0.05, 0.1) is 6.10 Å². The normalized spacial score (nSPS) is 13.5. The molecule has 0 fully saturated rings. The van der Waals surface area contributed by atoms with Crippen LogP contribution in [0.1, 0.15) is 26.3 Å². The molecule has 0 unspecified atom stereocenters. The number of ether oxygens (including phenoxy) is 2. The molecule has 0 saturated carbocycles. The van der Waals surface area contributed by atoms with Crippen LogP contribution in [-0.2, 0) is 16.1 Å². The van der Waals surface area contributed by atoms with Crippen molar-refractivity contribution in [2.24, 2.45) is 0 Å². The summed E-state index contributed by atoms with van der Waals surface area (Å²) in [4.78, 5) is 11.3. The van der Waals surface area contributed by atoms with Gasteiger partial charge in [0.2, 0.25) is 0 Å². The lowest BCUT2D eigenvalue weighted by Gasteiger charge is -2.20. The molecular weight excluding hydrogens is 268 g/mol. The average Bonchev–Trinajstić information content (AvgIpc) is 2.51. The molecule has 0 saturated heterocycles. The molecule has 0 aliphatic heterocycles. The summed E-state index contributed by atoms with van der Waals surface area (Å²) in [6.45, 7) is 7.45. The number of likely N-dealkylation sites (N-methyl/N-ethyl adjacent to an activating group) is 1. The Balaban J connectivity index is 2.38. The van der Waals surface area contributed by atoms with Crippen molar-refractivity contribution in [3.63, 3.8) is 0 Å². The molecule has 5 heteroatoms. The van der Waals surface area contributed by atoms with Crippen molar-refractivity contribution in [2.75, 3.05) is 20.3 Å². The molecule has 0 aromatic heterocycles. The predicted molar refractivity (Wildman–Crippen MR) is 83.4 cm³/mol. The monoisotopic (exact) mass is 294 g/mol. The molecule has 1 rings (SSSR count). The Hall–Kier alpha value is -1.59. The summed E-state index contributed by atoms with van der Waals surface area (Å²) < 4.78 is 10.7. The summed E-state index contributed by atoms with van der Waals surface area (Å²) in [7, 11) is 1.71. The molecule has 1 amide bonds. The highest BCUT2D eigenvalue weighted by atomic mass is 16.5. The topological polar surface area (TPSA) is 59.6 Å². The van der Waals surface area contributed by atoms with Crippen LogP contribution in [0.3, 0.4) is 0 Å². The number of carbonyl (C=O) groups excluding carboxylic acids is 1. The van der Waals surface area contributed by atoms with Gasteiger partial charge >= 0.3 is 0 Å². The Morgan fingerprint density at radius 3 is 2.48 bits per heavy atom. The van der Waals surface area contributed by atoms with E-state index in [0.717, 1.165) is 12.1 Å². The molecule has 118 valence electrons. The van der Waals surface area contributed by atoms with E-state index in [0.29, 0.717) is 12.3 Å². The molecule has 2 N–H and O–H groups in total. The van der Waals surface area contributed by atoms with Gasteiger partial charge in [-0.1, -0.05) is 12.1 Å². The first-order chi connectivity index (χ1) is 10.1. The summed E-state index contributed by atoms with van der Waals surface area (Å²) in [5.41, 5.74) is 1.16. The smallest absolute Gasteiger partial charge is 0.257 e. The van der Waals surface area contributed by atoms with Crippen LogP contribution < -0.4 is 15.4 Å². The van der Waals surface area contributed by atoms with E-state index >= 15 is 0 Å². The Morgan fingerprint density at radius 2 is 1.90 bits per heavy atom. The van der Waals surface area contributed by atoms with Crippen molar-refractivity contribution in [1.29, 1.82) is 0 Å². The van der Waals surface area contributed by atoms with E-state index in [-0.39, 0.29) is 24.7 Å². The van der Waals surface area contributed by atoms with Gasteiger partial charge in [-0.25, -0.2) is 0 Å². The number of methoxy groups -OCH3 is 1. The Kier molecular flexibility index (Phi) is 7.79. The summed E-state index contributed by atoms with van der Waals surface area (Å²) in [5, 5.41) is 6.10. The minimum absolute atomic E-state index is 0.0494. The van der Waals surface area contributed by atoms with Crippen LogP contribution in [0.5, 0.6) is 5.75 Å². The largest absolute Gasteiger partial charge is 0.484 e. The lowest BCUT2D eigenvalue weighted by Crippen LogP contribution is -2.36. The first-order valence-corrected chi connectivity index (χ1v) is 7.31. The molecular formula is C16H26N2O3. The number of amides is 1. The second-order valence-electron chi connectivity index (χ2n) is 5.00. The van der Waals surface area contributed by atoms with Crippen LogP contribution in [0.2, 0.25) is 0 Å². The van der Waals surface area contributed by atoms with E-state index in [9.17, 15) is 4.79 Å². The number of nitrogens with one attached hydrogen (secondary N) is 2. The maximum Gasteiger partial charge on any atom is 0.257 e. The van der Waals surface area contributed by atoms with Crippen LogP contribution >= 0.6 is 0 Å². The SMILES string of the molecule is CCNC(=O)COc1ccc(CN[C@@H](C)[C@@H](C)OC)cc1. The fourth-order valence-electron chi connectivity index (χ4n) is 1.75. The van der Waals surface area contributed by atoms with Gasteiger partial charge in [0.25, 0.3) is 5.91 Å². The fourth-order valence-corrected chi connectivity index (χ4v) is 1.75. The molecule has 1 aromatic rings. The van der Waals surface area contributed by atoms with Gasteiger partial charge in [-0.3, -0.25) is 4.79 Å². The van der Waals surface area contributed by atoms with Crippen LogP contribution in [0, 0.1) is 0 Å². The molecule has 2 atom stereocenters. The van der Waals surface area contributed by atoms with Crippen LogP contribution in [-0.4, -0.2) is 38.3 Å². The second-order valence-corrected chi connectivity index (χ2v) is 5.00. The van der Waals surface area contributed by atoms with E-state index in [1.54, 1.807) is 7.11 Å². The van der Waals surface area contributed by atoms with Crippen molar-refractivity contribution in [3.05, 3.63) is 29.8 Å². The van der Waals surface area contributed by atoms with Crippen molar-refractivity contribution < 1.29 is 14.3 Å². The minimum atomic E-state index is -0.106. The van der Waals surface area contributed by atoms with Crippen molar-refractivity contribution >= 4 is 5.91 Å². The Labute approximate surface area is 127 Å². The van der Waals surface area contributed by atoms with E-state index in [1.165, 1.54) is 0 Å². The second kappa shape index (κ2) is 9.37. The first-order valence-electron chi connectivity index (χ1n) is 7.31. The molecule has 0 spiro atoms. The third-order valence-electron chi connectivity index (χ3n) is 3.37. The van der Waals surface area contributed by atoms with E-state index in [4.69, 9.17) is 9.47 Å². The molecule has 0 heterocycles. The summed E-state index contributed by atoms with van der Waals surface area (Å²) >= 11 is 0.